The zero-order chi connectivity index (χ0) is 8.43. The molecule has 1 aromatic rings. The molecule has 0 aliphatic heterocycles. The van der Waals surface area contributed by atoms with Crippen molar-refractivity contribution in [2.45, 2.75) is 13.5 Å². The van der Waals surface area contributed by atoms with E-state index in [0.717, 1.165) is 5.56 Å². The SMILES string of the molecule is Cc1cc(Cl)c(CN)[n+]([O-])c1. The molecule has 0 fully saturated rings. The van der Waals surface area contributed by atoms with Gasteiger partial charge in [0.25, 0.3) is 0 Å². The number of pyridine rings is 1. The molecule has 1 aromatic heterocycles. The Balaban J connectivity index is 3.25. The lowest BCUT2D eigenvalue weighted by Gasteiger charge is -2.04. The highest BCUT2D eigenvalue weighted by Crippen LogP contribution is 2.12. The quantitative estimate of drug-likeness (QED) is 0.502. The Morgan fingerprint density at radius 3 is 2.82 bits per heavy atom. The first-order chi connectivity index (χ1) is 5.15. The van der Waals surface area contributed by atoms with E-state index in [2.05, 4.69) is 0 Å². The van der Waals surface area contributed by atoms with E-state index < -0.39 is 0 Å². The molecule has 4 heteroatoms. The van der Waals surface area contributed by atoms with E-state index in [9.17, 15) is 5.21 Å². The lowest BCUT2D eigenvalue weighted by molar-refractivity contribution is -0.614. The third-order valence-electron chi connectivity index (χ3n) is 1.41. The van der Waals surface area contributed by atoms with Crippen LogP contribution in [0.5, 0.6) is 0 Å². The van der Waals surface area contributed by atoms with Crippen LogP contribution in [0.1, 0.15) is 11.3 Å². The summed E-state index contributed by atoms with van der Waals surface area (Å²) in [5, 5.41) is 11.5. The number of nitrogens with zero attached hydrogens (tertiary/aromatic N) is 1. The number of aryl methyl sites for hydroxylation is 1. The first kappa shape index (κ1) is 8.30. The Morgan fingerprint density at radius 2 is 2.36 bits per heavy atom. The van der Waals surface area contributed by atoms with Crippen molar-refractivity contribution in [2.24, 2.45) is 5.73 Å². The highest BCUT2D eigenvalue weighted by Gasteiger charge is 2.08. The molecule has 1 rings (SSSR count). The monoisotopic (exact) mass is 172 g/mol. The Hall–Kier alpha value is -0.800. The number of hydrogen-bond donors (Lipinski definition) is 1. The van der Waals surface area contributed by atoms with E-state index in [4.69, 9.17) is 17.3 Å². The van der Waals surface area contributed by atoms with Gasteiger partial charge in [0, 0.05) is 5.56 Å². The van der Waals surface area contributed by atoms with Crippen molar-refractivity contribution in [3.63, 3.8) is 0 Å². The molecule has 3 nitrogen and oxygen atoms in total. The molecule has 0 saturated carbocycles. The molecule has 0 aliphatic carbocycles. The molecule has 1 heterocycles. The molecular formula is C7H9ClN2O. The fourth-order valence-corrected chi connectivity index (χ4v) is 1.21. The molecule has 0 atom stereocenters. The number of halogens is 1. The van der Waals surface area contributed by atoms with E-state index >= 15 is 0 Å². The maximum atomic E-state index is 11.0. The molecule has 60 valence electrons. The summed E-state index contributed by atoms with van der Waals surface area (Å²) in [5.41, 5.74) is 6.55. The van der Waals surface area contributed by atoms with Gasteiger partial charge in [0.15, 0.2) is 6.20 Å². The standard InChI is InChI=1S/C7H9ClN2O/c1-5-2-6(8)7(3-9)10(11)4-5/h2,4H,3,9H2,1H3. The smallest absolute Gasteiger partial charge is 0.225 e. The van der Waals surface area contributed by atoms with Gasteiger partial charge in [-0.15, -0.1) is 0 Å². The highest BCUT2D eigenvalue weighted by molar-refractivity contribution is 6.31. The number of nitrogens with two attached hydrogens (primary N) is 1. The van der Waals surface area contributed by atoms with E-state index in [0.29, 0.717) is 15.4 Å². The van der Waals surface area contributed by atoms with Crippen LogP contribution in [0.2, 0.25) is 5.02 Å². The highest BCUT2D eigenvalue weighted by atomic mass is 35.5. The summed E-state index contributed by atoms with van der Waals surface area (Å²) < 4.78 is 0.706. The molecule has 0 unspecified atom stereocenters. The summed E-state index contributed by atoms with van der Waals surface area (Å²) in [6, 6.07) is 1.72. The third kappa shape index (κ3) is 1.61. The normalized spacial score (nSPS) is 10.1. The van der Waals surface area contributed by atoms with Gasteiger partial charge in [0.2, 0.25) is 5.69 Å². The molecule has 0 aromatic carbocycles. The Bertz CT molecular complexity index is 252. The first-order valence-corrected chi connectivity index (χ1v) is 3.61. The predicted octanol–water partition coefficient (Wildman–Crippen LogP) is 0.741. The maximum Gasteiger partial charge on any atom is 0.225 e. The van der Waals surface area contributed by atoms with Crippen LogP contribution in [-0.2, 0) is 6.54 Å². The molecule has 2 N–H and O–H groups in total. The summed E-state index contributed by atoms with van der Waals surface area (Å²) in [5.74, 6) is 0. The molecule has 0 spiro atoms. The van der Waals surface area contributed by atoms with Crippen molar-refractivity contribution in [3.05, 3.63) is 33.8 Å². The average Bonchev–Trinajstić information content (AvgIpc) is 1.85. The van der Waals surface area contributed by atoms with Gasteiger partial charge >= 0.3 is 0 Å². The van der Waals surface area contributed by atoms with E-state index in [1.807, 2.05) is 0 Å². The number of aromatic nitrogens is 1. The topological polar surface area (TPSA) is 53.0 Å². The summed E-state index contributed by atoms with van der Waals surface area (Å²) >= 11 is 5.73. The van der Waals surface area contributed by atoms with Gasteiger partial charge in [-0.05, 0) is 13.0 Å². The van der Waals surface area contributed by atoms with Gasteiger partial charge in [-0.2, -0.15) is 4.73 Å². The summed E-state index contributed by atoms with van der Waals surface area (Å²) in [6.07, 6.45) is 1.45. The van der Waals surface area contributed by atoms with Crippen LogP contribution < -0.4 is 10.5 Å². The lowest BCUT2D eigenvalue weighted by atomic mass is 10.3. The molecule has 0 radical (unpaired) electrons. The molecule has 0 bridgehead atoms. The molecule has 11 heavy (non-hydrogen) atoms. The fourth-order valence-electron chi connectivity index (χ4n) is 0.876. The van der Waals surface area contributed by atoms with Crippen molar-refractivity contribution < 1.29 is 4.73 Å². The average molecular weight is 173 g/mol. The minimum Gasteiger partial charge on any atom is -0.618 e. The number of rotatable bonds is 1. The molecule has 0 saturated heterocycles. The second-order valence-corrected chi connectivity index (χ2v) is 2.75. The molecule has 0 aliphatic rings. The van der Waals surface area contributed by atoms with Crippen LogP contribution in [0.15, 0.2) is 12.3 Å². The second kappa shape index (κ2) is 3.07. The van der Waals surface area contributed by atoms with Crippen molar-refractivity contribution in [3.8, 4) is 0 Å². The minimum absolute atomic E-state index is 0.169. The van der Waals surface area contributed by atoms with E-state index in [1.54, 1.807) is 13.0 Å². The van der Waals surface area contributed by atoms with Crippen molar-refractivity contribution in [2.75, 3.05) is 0 Å². The summed E-state index contributed by atoms with van der Waals surface area (Å²) in [4.78, 5) is 0. The third-order valence-corrected chi connectivity index (χ3v) is 1.74. The van der Waals surface area contributed by atoms with Gasteiger partial charge in [0.05, 0.1) is 6.54 Å². The molecule has 0 amide bonds. The summed E-state index contributed by atoms with van der Waals surface area (Å²) in [6.45, 7) is 1.98. The van der Waals surface area contributed by atoms with Gasteiger partial charge in [0.1, 0.15) is 5.02 Å². The summed E-state index contributed by atoms with van der Waals surface area (Å²) in [7, 11) is 0. The van der Waals surface area contributed by atoms with Gasteiger partial charge in [-0.3, -0.25) is 0 Å². The zero-order valence-corrected chi connectivity index (χ0v) is 6.93. The fraction of sp³-hybridized carbons (Fsp3) is 0.286. The van der Waals surface area contributed by atoms with E-state index in [1.165, 1.54) is 6.20 Å². The van der Waals surface area contributed by atoms with Crippen LogP contribution >= 0.6 is 11.6 Å². The minimum atomic E-state index is 0.169. The van der Waals surface area contributed by atoms with Crippen LogP contribution in [0.3, 0.4) is 0 Å². The second-order valence-electron chi connectivity index (χ2n) is 2.34. The van der Waals surface area contributed by atoms with Crippen molar-refractivity contribution in [1.29, 1.82) is 0 Å². The van der Waals surface area contributed by atoms with Crippen LogP contribution in [0.25, 0.3) is 0 Å². The van der Waals surface area contributed by atoms with Crippen LogP contribution in [-0.4, -0.2) is 0 Å². The van der Waals surface area contributed by atoms with Crippen LogP contribution in [0.4, 0.5) is 0 Å². The van der Waals surface area contributed by atoms with Gasteiger partial charge in [-0.25, -0.2) is 0 Å². The number of hydrogen-bond acceptors (Lipinski definition) is 2. The predicted molar refractivity (Wildman–Crippen MR) is 43.0 cm³/mol. The Labute approximate surface area is 70.0 Å². The zero-order valence-electron chi connectivity index (χ0n) is 6.17. The van der Waals surface area contributed by atoms with Crippen molar-refractivity contribution in [1.82, 2.24) is 0 Å². The van der Waals surface area contributed by atoms with Gasteiger partial charge < -0.3 is 10.9 Å². The largest absolute Gasteiger partial charge is 0.618 e. The van der Waals surface area contributed by atoms with E-state index in [-0.39, 0.29) is 6.54 Å². The molecular weight excluding hydrogens is 164 g/mol. The van der Waals surface area contributed by atoms with Gasteiger partial charge in [-0.1, -0.05) is 11.6 Å². The Kier molecular flexibility index (Phi) is 2.31. The van der Waals surface area contributed by atoms with Crippen molar-refractivity contribution >= 4 is 11.6 Å². The Morgan fingerprint density at radius 1 is 1.73 bits per heavy atom. The maximum absolute atomic E-state index is 11.0. The first-order valence-electron chi connectivity index (χ1n) is 3.23. The van der Waals surface area contributed by atoms with Crippen LogP contribution in [0, 0.1) is 12.1 Å². The lowest BCUT2D eigenvalue weighted by Crippen LogP contribution is -2.33.